The third kappa shape index (κ3) is 9.69. The Hall–Kier alpha value is -2.12. The molecular formula is C17H25ClN4O3. The van der Waals surface area contributed by atoms with Gasteiger partial charge in [0.25, 0.3) is 0 Å². The zero-order valence-corrected chi connectivity index (χ0v) is 15.5. The topological polar surface area (TPSA) is 90.5 Å². The second kappa shape index (κ2) is 10.7. The lowest BCUT2D eigenvalue weighted by molar-refractivity contribution is -0.122. The molecule has 138 valence electrons. The van der Waals surface area contributed by atoms with Gasteiger partial charge in [-0.1, -0.05) is 25.4 Å². The SMILES string of the molecule is CC(C)CCNC(=O)NC(=O)CN(C)CC(=O)Nc1ccc(Cl)cc1. The average Bonchev–Trinajstić information content (AvgIpc) is 2.48. The third-order valence-corrected chi connectivity index (χ3v) is 3.47. The van der Waals surface area contributed by atoms with Gasteiger partial charge in [-0.25, -0.2) is 4.79 Å². The van der Waals surface area contributed by atoms with E-state index >= 15 is 0 Å². The van der Waals surface area contributed by atoms with Gasteiger partial charge in [-0.05, 0) is 43.7 Å². The average molecular weight is 369 g/mol. The van der Waals surface area contributed by atoms with Gasteiger partial charge in [0.15, 0.2) is 0 Å². The van der Waals surface area contributed by atoms with E-state index in [0.717, 1.165) is 6.42 Å². The van der Waals surface area contributed by atoms with Gasteiger partial charge >= 0.3 is 6.03 Å². The van der Waals surface area contributed by atoms with Crippen LogP contribution < -0.4 is 16.0 Å². The second-order valence-corrected chi connectivity index (χ2v) is 6.65. The van der Waals surface area contributed by atoms with Gasteiger partial charge in [0.05, 0.1) is 13.1 Å². The fourth-order valence-electron chi connectivity index (χ4n) is 1.96. The Morgan fingerprint density at radius 1 is 1.08 bits per heavy atom. The van der Waals surface area contributed by atoms with Crippen molar-refractivity contribution in [1.82, 2.24) is 15.5 Å². The Labute approximate surface area is 153 Å². The molecule has 1 aromatic carbocycles. The van der Waals surface area contributed by atoms with Crippen LogP contribution in [0.5, 0.6) is 0 Å². The molecule has 0 heterocycles. The number of urea groups is 1. The molecular weight excluding hydrogens is 344 g/mol. The highest BCUT2D eigenvalue weighted by molar-refractivity contribution is 6.30. The first-order chi connectivity index (χ1) is 11.8. The maximum atomic E-state index is 11.9. The number of rotatable bonds is 8. The molecule has 0 bridgehead atoms. The number of anilines is 1. The predicted molar refractivity (Wildman–Crippen MR) is 98.6 cm³/mol. The van der Waals surface area contributed by atoms with Gasteiger partial charge in [-0.2, -0.15) is 0 Å². The molecule has 0 unspecified atom stereocenters. The van der Waals surface area contributed by atoms with Crippen molar-refractivity contribution in [2.24, 2.45) is 5.92 Å². The van der Waals surface area contributed by atoms with Crippen molar-refractivity contribution in [2.45, 2.75) is 20.3 Å². The van der Waals surface area contributed by atoms with E-state index in [1.807, 2.05) is 0 Å². The molecule has 0 radical (unpaired) electrons. The van der Waals surface area contributed by atoms with Crippen molar-refractivity contribution in [1.29, 1.82) is 0 Å². The second-order valence-electron chi connectivity index (χ2n) is 6.21. The van der Waals surface area contributed by atoms with Crippen LogP contribution in [0.3, 0.4) is 0 Å². The molecule has 0 atom stereocenters. The Balaban J connectivity index is 2.28. The lowest BCUT2D eigenvalue weighted by Crippen LogP contribution is -2.45. The molecule has 0 saturated heterocycles. The quantitative estimate of drug-likeness (QED) is 0.655. The van der Waals surface area contributed by atoms with E-state index in [-0.39, 0.29) is 19.0 Å². The summed E-state index contributed by atoms with van der Waals surface area (Å²) in [6.07, 6.45) is 0.840. The van der Waals surface area contributed by atoms with Crippen LogP contribution in [0.25, 0.3) is 0 Å². The van der Waals surface area contributed by atoms with Crippen LogP contribution in [-0.2, 0) is 9.59 Å². The predicted octanol–water partition coefficient (Wildman–Crippen LogP) is 2.08. The summed E-state index contributed by atoms with van der Waals surface area (Å²) < 4.78 is 0. The summed E-state index contributed by atoms with van der Waals surface area (Å²) in [6.45, 7) is 4.57. The van der Waals surface area contributed by atoms with Crippen molar-refractivity contribution < 1.29 is 14.4 Å². The minimum Gasteiger partial charge on any atom is -0.338 e. The molecule has 25 heavy (non-hydrogen) atoms. The first-order valence-electron chi connectivity index (χ1n) is 8.08. The normalized spacial score (nSPS) is 10.6. The summed E-state index contributed by atoms with van der Waals surface area (Å²) in [4.78, 5) is 36.8. The van der Waals surface area contributed by atoms with E-state index in [4.69, 9.17) is 11.6 Å². The minimum atomic E-state index is -0.523. The Bertz CT molecular complexity index is 590. The van der Waals surface area contributed by atoms with Crippen LogP contribution in [0.4, 0.5) is 10.5 Å². The van der Waals surface area contributed by atoms with Crippen LogP contribution in [0.1, 0.15) is 20.3 Å². The molecule has 1 aromatic rings. The van der Waals surface area contributed by atoms with Gasteiger partial charge in [-0.3, -0.25) is 19.8 Å². The summed E-state index contributed by atoms with van der Waals surface area (Å²) >= 11 is 5.78. The number of nitrogens with zero attached hydrogens (tertiary/aromatic N) is 1. The Morgan fingerprint density at radius 2 is 1.68 bits per heavy atom. The summed E-state index contributed by atoms with van der Waals surface area (Å²) in [5.41, 5.74) is 0.622. The van der Waals surface area contributed by atoms with Gasteiger partial charge < -0.3 is 10.6 Å². The van der Waals surface area contributed by atoms with Gasteiger partial charge in [0.2, 0.25) is 11.8 Å². The first-order valence-corrected chi connectivity index (χ1v) is 8.45. The van der Waals surface area contributed by atoms with Gasteiger partial charge in [0, 0.05) is 17.3 Å². The van der Waals surface area contributed by atoms with Crippen LogP contribution in [0, 0.1) is 5.92 Å². The number of amides is 4. The van der Waals surface area contributed by atoms with Crippen molar-refractivity contribution >= 4 is 35.1 Å². The van der Waals surface area contributed by atoms with Crippen molar-refractivity contribution in [3.63, 3.8) is 0 Å². The Morgan fingerprint density at radius 3 is 2.28 bits per heavy atom. The van der Waals surface area contributed by atoms with Crippen LogP contribution in [0.2, 0.25) is 5.02 Å². The standard InChI is InChI=1S/C17H25ClN4O3/c1-12(2)8-9-19-17(25)21-16(24)11-22(3)10-15(23)20-14-6-4-13(18)5-7-14/h4-7,12H,8-11H2,1-3H3,(H,20,23)(H2,19,21,24,25). The van der Waals surface area contributed by atoms with Gasteiger partial charge in [-0.15, -0.1) is 0 Å². The van der Waals surface area contributed by atoms with Gasteiger partial charge in [0.1, 0.15) is 0 Å². The lowest BCUT2D eigenvalue weighted by Gasteiger charge is -2.16. The number of carbonyl (C=O) groups excluding carboxylic acids is 3. The molecule has 0 aromatic heterocycles. The molecule has 8 heteroatoms. The molecule has 0 fully saturated rings. The van der Waals surface area contributed by atoms with Crippen molar-refractivity contribution in [3.8, 4) is 0 Å². The minimum absolute atomic E-state index is 0.0189. The molecule has 0 aliphatic rings. The summed E-state index contributed by atoms with van der Waals surface area (Å²) in [7, 11) is 1.62. The van der Waals surface area contributed by atoms with E-state index in [1.165, 1.54) is 4.90 Å². The smallest absolute Gasteiger partial charge is 0.321 e. The molecule has 7 nitrogen and oxygen atoms in total. The van der Waals surface area contributed by atoms with E-state index < -0.39 is 11.9 Å². The first kappa shape index (κ1) is 20.9. The molecule has 3 N–H and O–H groups in total. The molecule has 1 rings (SSSR count). The zero-order chi connectivity index (χ0) is 18.8. The maximum Gasteiger partial charge on any atom is 0.321 e. The monoisotopic (exact) mass is 368 g/mol. The van der Waals surface area contributed by atoms with Crippen molar-refractivity contribution in [2.75, 3.05) is 32.0 Å². The lowest BCUT2D eigenvalue weighted by atomic mass is 10.1. The van der Waals surface area contributed by atoms with E-state index in [1.54, 1.807) is 31.3 Å². The fourth-order valence-corrected chi connectivity index (χ4v) is 2.09. The highest BCUT2D eigenvalue weighted by Gasteiger charge is 2.13. The fraction of sp³-hybridized carbons (Fsp3) is 0.471. The third-order valence-electron chi connectivity index (χ3n) is 3.22. The number of imide groups is 1. The molecule has 0 saturated carbocycles. The van der Waals surface area contributed by atoms with E-state index in [9.17, 15) is 14.4 Å². The summed E-state index contributed by atoms with van der Waals surface area (Å²) in [6, 6.07) is 6.20. The van der Waals surface area contributed by atoms with E-state index in [0.29, 0.717) is 23.2 Å². The van der Waals surface area contributed by atoms with Crippen molar-refractivity contribution in [3.05, 3.63) is 29.3 Å². The molecule has 0 aliphatic carbocycles. The summed E-state index contributed by atoms with van der Waals surface area (Å²) in [5, 5.41) is 8.14. The maximum absolute atomic E-state index is 11.9. The molecule has 4 amide bonds. The number of carbonyl (C=O) groups is 3. The number of halogens is 1. The number of likely N-dealkylation sites (N-methyl/N-ethyl adjacent to an activating group) is 1. The number of hydrogen-bond acceptors (Lipinski definition) is 4. The number of nitrogens with one attached hydrogen (secondary N) is 3. The van der Waals surface area contributed by atoms with E-state index in [2.05, 4.69) is 29.8 Å². The summed E-state index contributed by atoms with van der Waals surface area (Å²) in [5.74, 6) is -0.260. The highest BCUT2D eigenvalue weighted by atomic mass is 35.5. The zero-order valence-electron chi connectivity index (χ0n) is 14.8. The Kier molecular flexibility index (Phi) is 8.94. The van der Waals surface area contributed by atoms with Crippen LogP contribution in [-0.4, -0.2) is 49.4 Å². The van der Waals surface area contributed by atoms with Crippen LogP contribution >= 0.6 is 11.6 Å². The largest absolute Gasteiger partial charge is 0.338 e. The number of benzene rings is 1. The highest BCUT2D eigenvalue weighted by Crippen LogP contribution is 2.13. The molecule has 0 spiro atoms. The number of hydrogen-bond donors (Lipinski definition) is 3. The van der Waals surface area contributed by atoms with Crippen LogP contribution in [0.15, 0.2) is 24.3 Å². The molecule has 0 aliphatic heterocycles.